The van der Waals surface area contributed by atoms with Crippen LogP contribution < -0.4 is 15.4 Å². The number of amides is 2. The summed E-state index contributed by atoms with van der Waals surface area (Å²) < 4.78 is 6.12. The standard InChI is InChI=1S/C19H18BrN3O3/c20-16-6-4-15(5-7-16)19(25)22-10-8-18(24)23-13-14-2-1-3-17(12-14)26-11-9-21/h1-7,12H,8,10-11,13H2,(H,22,25)(H,23,24). The molecule has 0 aliphatic rings. The smallest absolute Gasteiger partial charge is 0.251 e. The maximum absolute atomic E-state index is 11.9. The third-order valence-corrected chi connectivity index (χ3v) is 3.96. The van der Waals surface area contributed by atoms with Gasteiger partial charge in [-0.2, -0.15) is 5.26 Å². The molecule has 0 atom stereocenters. The monoisotopic (exact) mass is 415 g/mol. The molecule has 2 aromatic carbocycles. The van der Waals surface area contributed by atoms with Gasteiger partial charge in [-0.05, 0) is 42.0 Å². The van der Waals surface area contributed by atoms with Crippen LogP contribution in [0, 0.1) is 11.3 Å². The first-order valence-electron chi connectivity index (χ1n) is 7.97. The number of nitrogens with one attached hydrogen (secondary N) is 2. The molecule has 0 aliphatic heterocycles. The van der Waals surface area contributed by atoms with Gasteiger partial charge in [-0.25, -0.2) is 0 Å². The van der Waals surface area contributed by atoms with Gasteiger partial charge in [0.1, 0.15) is 11.8 Å². The van der Waals surface area contributed by atoms with Crippen LogP contribution in [0.25, 0.3) is 0 Å². The molecule has 0 saturated carbocycles. The number of benzene rings is 2. The van der Waals surface area contributed by atoms with Crippen LogP contribution in [-0.2, 0) is 11.3 Å². The third-order valence-electron chi connectivity index (χ3n) is 3.44. The van der Waals surface area contributed by atoms with Gasteiger partial charge in [0.15, 0.2) is 6.61 Å². The average molecular weight is 416 g/mol. The molecule has 2 aromatic rings. The molecular formula is C19H18BrN3O3. The molecule has 26 heavy (non-hydrogen) atoms. The van der Waals surface area contributed by atoms with Crippen molar-refractivity contribution in [3.8, 4) is 11.8 Å². The van der Waals surface area contributed by atoms with Crippen molar-refractivity contribution < 1.29 is 14.3 Å². The number of halogens is 1. The van der Waals surface area contributed by atoms with E-state index >= 15 is 0 Å². The first kappa shape index (κ1) is 19.5. The zero-order valence-electron chi connectivity index (χ0n) is 14.0. The first-order valence-corrected chi connectivity index (χ1v) is 8.77. The fraction of sp³-hybridized carbons (Fsp3) is 0.211. The van der Waals surface area contributed by atoms with Gasteiger partial charge >= 0.3 is 0 Å². The molecule has 0 spiro atoms. The van der Waals surface area contributed by atoms with Crippen molar-refractivity contribution in [3.63, 3.8) is 0 Å². The highest BCUT2D eigenvalue weighted by molar-refractivity contribution is 9.10. The minimum atomic E-state index is -0.215. The summed E-state index contributed by atoms with van der Waals surface area (Å²) in [6, 6.07) is 16.1. The Balaban J connectivity index is 1.71. The molecule has 0 aromatic heterocycles. The molecule has 2 rings (SSSR count). The van der Waals surface area contributed by atoms with E-state index < -0.39 is 0 Å². The Morgan fingerprint density at radius 1 is 1.12 bits per heavy atom. The predicted molar refractivity (Wildman–Crippen MR) is 100 cm³/mol. The highest BCUT2D eigenvalue weighted by atomic mass is 79.9. The van der Waals surface area contributed by atoms with E-state index in [4.69, 9.17) is 10.00 Å². The number of hydrogen-bond acceptors (Lipinski definition) is 4. The van der Waals surface area contributed by atoms with Gasteiger partial charge in [0.25, 0.3) is 5.91 Å². The van der Waals surface area contributed by atoms with Gasteiger partial charge < -0.3 is 15.4 Å². The summed E-state index contributed by atoms with van der Waals surface area (Å²) >= 11 is 3.31. The summed E-state index contributed by atoms with van der Waals surface area (Å²) in [4.78, 5) is 23.8. The lowest BCUT2D eigenvalue weighted by molar-refractivity contribution is -0.121. The molecule has 2 N–H and O–H groups in total. The molecule has 0 saturated heterocycles. The summed E-state index contributed by atoms with van der Waals surface area (Å²) in [6.45, 7) is 0.586. The number of nitriles is 1. The molecule has 7 heteroatoms. The fourth-order valence-corrected chi connectivity index (χ4v) is 2.41. The molecule has 2 amide bonds. The highest BCUT2D eigenvalue weighted by Gasteiger charge is 2.07. The van der Waals surface area contributed by atoms with Gasteiger partial charge in [-0.15, -0.1) is 0 Å². The lowest BCUT2D eigenvalue weighted by Crippen LogP contribution is -2.30. The number of rotatable bonds is 8. The number of carbonyl (C=O) groups is 2. The second-order valence-electron chi connectivity index (χ2n) is 5.38. The van der Waals surface area contributed by atoms with Gasteiger partial charge in [0.05, 0.1) is 0 Å². The third kappa shape index (κ3) is 6.57. The van der Waals surface area contributed by atoms with E-state index in [0.717, 1.165) is 10.0 Å². The zero-order valence-corrected chi connectivity index (χ0v) is 15.6. The van der Waals surface area contributed by atoms with Crippen molar-refractivity contribution in [2.75, 3.05) is 13.2 Å². The molecule has 6 nitrogen and oxygen atoms in total. The molecule has 0 aliphatic carbocycles. The summed E-state index contributed by atoms with van der Waals surface area (Å²) in [6.07, 6.45) is 0.187. The maximum atomic E-state index is 11.9. The Labute approximate surface area is 160 Å². The molecular weight excluding hydrogens is 398 g/mol. The Hall–Kier alpha value is -2.85. The Morgan fingerprint density at radius 3 is 2.62 bits per heavy atom. The van der Waals surface area contributed by atoms with Crippen molar-refractivity contribution in [3.05, 3.63) is 64.1 Å². The van der Waals surface area contributed by atoms with Crippen LogP contribution in [0.4, 0.5) is 0 Å². The van der Waals surface area contributed by atoms with Crippen molar-refractivity contribution in [1.29, 1.82) is 5.26 Å². The highest BCUT2D eigenvalue weighted by Crippen LogP contribution is 2.13. The molecule has 0 bridgehead atoms. The predicted octanol–water partition coefficient (Wildman–Crippen LogP) is 2.79. The molecule has 0 unspecified atom stereocenters. The Morgan fingerprint density at radius 2 is 1.88 bits per heavy atom. The summed E-state index contributed by atoms with van der Waals surface area (Å²) in [5.41, 5.74) is 1.41. The van der Waals surface area contributed by atoms with E-state index in [1.165, 1.54) is 0 Å². The summed E-state index contributed by atoms with van der Waals surface area (Å²) in [5, 5.41) is 14.0. The largest absolute Gasteiger partial charge is 0.479 e. The van der Waals surface area contributed by atoms with Crippen molar-refractivity contribution in [1.82, 2.24) is 10.6 Å². The van der Waals surface area contributed by atoms with E-state index in [2.05, 4.69) is 26.6 Å². The van der Waals surface area contributed by atoms with Crippen LogP contribution in [0.5, 0.6) is 5.75 Å². The Bertz CT molecular complexity index is 800. The summed E-state index contributed by atoms with van der Waals surface area (Å²) in [5.74, 6) is 0.206. The minimum Gasteiger partial charge on any atom is -0.479 e. The quantitative estimate of drug-likeness (QED) is 0.693. The van der Waals surface area contributed by atoms with Crippen molar-refractivity contribution >= 4 is 27.7 Å². The van der Waals surface area contributed by atoms with Crippen LogP contribution in [0.1, 0.15) is 22.3 Å². The molecule has 0 radical (unpaired) electrons. The second-order valence-corrected chi connectivity index (χ2v) is 6.30. The number of ether oxygens (including phenoxy) is 1. The second kappa shape index (κ2) is 10.2. The Kier molecular flexibility index (Phi) is 7.65. The summed E-state index contributed by atoms with van der Waals surface area (Å²) in [7, 11) is 0. The van der Waals surface area contributed by atoms with Crippen molar-refractivity contribution in [2.24, 2.45) is 0 Å². The number of hydrogen-bond donors (Lipinski definition) is 2. The topological polar surface area (TPSA) is 91.2 Å². The molecule has 134 valence electrons. The van der Waals surface area contributed by atoms with Crippen LogP contribution in [0.3, 0.4) is 0 Å². The maximum Gasteiger partial charge on any atom is 0.251 e. The molecule has 0 heterocycles. The van der Waals surface area contributed by atoms with Gasteiger partial charge in [0, 0.05) is 29.5 Å². The van der Waals surface area contributed by atoms with Crippen LogP contribution in [-0.4, -0.2) is 25.0 Å². The lowest BCUT2D eigenvalue weighted by Gasteiger charge is -2.08. The minimum absolute atomic E-state index is 0.0200. The average Bonchev–Trinajstić information content (AvgIpc) is 2.65. The van der Waals surface area contributed by atoms with Crippen LogP contribution >= 0.6 is 15.9 Å². The zero-order chi connectivity index (χ0) is 18.8. The van der Waals surface area contributed by atoms with Crippen LogP contribution in [0.15, 0.2) is 53.0 Å². The van der Waals surface area contributed by atoms with E-state index in [-0.39, 0.29) is 31.4 Å². The number of carbonyl (C=O) groups excluding carboxylic acids is 2. The van der Waals surface area contributed by atoms with E-state index in [1.807, 2.05) is 12.1 Å². The van der Waals surface area contributed by atoms with E-state index in [1.54, 1.807) is 42.5 Å². The molecule has 0 fully saturated rings. The normalized spacial score (nSPS) is 9.85. The van der Waals surface area contributed by atoms with Crippen LogP contribution in [0.2, 0.25) is 0 Å². The van der Waals surface area contributed by atoms with Crippen molar-refractivity contribution in [2.45, 2.75) is 13.0 Å². The van der Waals surface area contributed by atoms with E-state index in [0.29, 0.717) is 17.9 Å². The lowest BCUT2D eigenvalue weighted by atomic mass is 10.2. The van der Waals surface area contributed by atoms with Gasteiger partial charge in [-0.3, -0.25) is 9.59 Å². The van der Waals surface area contributed by atoms with Gasteiger partial charge in [-0.1, -0.05) is 28.1 Å². The SMILES string of the molecule is N#CCOc1cccc(CNC(=O)CCNC(=O)c2ccc(Br)cc2)c1. The first-order chi connectivity index (χ1) is 12.6. The van der Waals surface area contributed by atoms with E-state index in [9.17, 15) is 9.59 Å². The fourth-order valence-electron chi connectivity index (χ4n) is 2.14. The van der Waals surface area contributed by atoms with Gasteiger partial charge in [0.2, 0.25) is 5.91 Å². The number of nitrogens with zero attached hydrogens (tertiary/aromatic N) is 1.